The lowest BCUT2D eigenvalue weighted by molar-refractivity contribution is -0.137. The molecule has 0 saturated carbocycles. The average molecular weight is 353 g/mol. The lowest BCUT2D eigenvalue weighted by atomic mass is 10.0. The van der Waals surface area contributed by atoms with E-state index in [0.717, 1.165) is 36.0 Å². The molecule has 4 heteroatoms. The Hall–Kier alpha value is -0.870. The highest BCUT2D eigenvalue weighted by Gasteiger charge is 2.30. The molecule has 1 aliphatic heterocycles. The largest absolute Gasteiger partial charge is 0.340 e. The van der Waals surface area contributed by atoms with Crippen LogP contribution in [0.4, 0.5) is 0 Å². The van der Waals surface area contributed by atoms with Crippen LogP contribution in [0, 0.1) is 0 Å². The maximum Gasteiger partial charge on any atom is 0.239 e. The van der Waals surface area contributed by atoms with Gasteiger partial charge in [0.05, 0.1) is 6.04 Å². The predicted molar refractivity (Wildman–Crippen MR) is 90.1 cm³/mol. The Morgan fingerprint density at radius 3 is 2.86 bits per heavy atom. The Labute approximate surface area is 136 Å². The molecule has 0 radical (unpaired) electrons. The molecule has 1 heterocycles. The van der Waals surface area contributed by atoms with E-state index in [1.807, 2.05) is 30.1 Å². The lowest BCUT2D eigenvalue weighted by Gasteiger charge is -2.36. The van der Waals surface area contributed by atoms with Gasteiger partial charge in [-0.15, -0.1) is 0 Å². The van der Waals surface area contributed by atoms with Crippen LogP contribution in [0.15, 0.2) is 28.7 Å². The molecule has 0 bridgehead atoms. The van der Waals surface area contributed by atoms with Crippen molar-refractivity contribution in [2.24, 2.45) is 0 Å². The van der Waals surface area contributed by atoms with Crippen LogP contribution in [0.3, 0.4) is 0 Å². The molecular weight excluding hydrogens is 328 g/mol. The third-order valence-corrected chi connectivity index (χ3v) is 4.92. The van der Waals surface area contributed by atoms with Gasteiger partial charge in [0.2, 0.25) is 5.91 Å². The summed E-state index contributed by atoms with van der Waals surface area (Å²) < 4.78 is 1.07. The molecule has 0 N–H and O–H groups in total. The molecule has 1 aromatic carbocycles. The fourth-order valence-corrected chi connectivity index (χ4v) is 3.45. The number of likely N-dealkylation sites (tertiary alicyclic amines) is 1. The normalized spacial score (nSPS) is 19.5. The van der Waals surface area contributed by atoms with Crippen LogP contribution in [-0.4, -0.2) is 41.9 Å². The van der Waals surface area contributed by atoms with Gasteiger partial charge in [-0.3, -0.25) is 9.69 Å². The van der Waals surface area contributed by atoms with Gasteiger partial charge in [0.15, 0.2) is 0 Å². The summed E-state index contributed by atoms with van der Waals surface area (Å²) in [4.78, 5) is 17.0. The first-order chi connectivity index (χ1) is 10.1. The molecule has 3 nitrogen and oxygen atoms in total. The van der Waals surface area contributed by atoms with E-state index in [1.165, 1.54) is 12.8 Å². The van der Waals surface area contributed by atoms with E-state index < -0.39 is 0 Å². The number of hydrogen-bond acceptors (Lipinski definition) is 2. The van der Waals surface area contributed by atoms with Gasteiger partial charge in [-0.05, 0) is 44.0 Å². The van der Waals surface area contributed by atoms with Gasteiger partial charge < -0.3 is 4.90 Å². The number of hydrogen-bond donors (Lipinski definition) is 0. The van der Waals surface area contributed by atoms with Crippen molar-refractivity contribution in [3.63, 3.8) is 0 Å². The molecule has 1 fully saturated rings. The molecular formula is C17H25BrN2O. The van der Waals surface area contributed by atoms with Crippen molar-refractivity contribution < 1.29 is 4.79 Å². The zero-order chi connectivity index (χ0) is 15.2. The zero-order valence-corrected chi connectivity index (χ0v) is 14.6. The minimum Gasteiger partial charge on any atom is -0.340 e. The Bertz CT molecular complexity index is 476. The number of nitrogens with zero attached hydrogens (tertiary/aromatic N) is 2. The molecule has 1 atom stereocenters. The van der Waals surface area contributed by atoms with Crippen LogP contribution in [0.25, 0.3) is 0 Å². The Morgan fingerprint density at radius 2 is 2.14 bits per heavy atom. The van der Waals surface area contributed by atoms with Crippen LogP contribution in [0.1, 0.15) is 38.2 Å². The van der Waals surface area contributed by atoms with Crippen molar-refractivity contribution in [2.75, 3.05) is 20.1 Å². The van der Waals surface area contributed by atoms with Gasteiger partial charge in [0, 0.05) is 18.1 Å². The molecule has 1 unspecified atom stereocenters. The molecule has 1 amide bonds. The predicted octanol–water partition coefficient (Wildman–Crippen LogP) is 3.67. The number of carbonyl (C=O) groups is 1. The summed E-state index contributed by atoms with van der Waals surface area (Å²) in [6.07, 6.45) is 4.49. The highest BCUT2D eigenvalue weighted by molar-refractivity contribution is 9.10. The summed E-state index contributed by atoms with van der Waals surface area (Å²) in [5, 5.41) is 0. The third-order valence-electron chi connectivity index (χ3n) is 4.15. The van der Waals surface area contributed by atoms with Crippen LogP contribution in [-0.2, 0) is 11.3 Å². The fraction of sp³-hybridized carbons (Fsp3) is 0.588. The smallest absolute Gasteiger partial charge is 0.239 e. The van der Waals surface area contributed by atoms with Crippen molar-refractivity contribution >= 4 is 21.8 Å². The SMILES string of the molecule is CCCN1CCCCC1C(=O)N(C)Cc1ccccc1Br. The van der Waals surface area contributed by atoms with Gasteiger partial charge in [-0.1, -0.05) is 47.5 Å². The van der Waals surface area contributed by atoms with Crippen LogP contribution >= 0.6 is 15.9 Å². The first-order valence-corrected chi connectivity index (χ1v) is 8.65. The maximum absolute atomic E-state index is 12.8. The number of piperidine rings is 1. The highest BCUT2D eigenvalue weighted by Crippen LogP contribution is 2.21. The average Bonchev–Trinajstić information content (AvgIpc) is 2.50. The van der Waals surface area contributed by atoms with Gasteiger partial charge >= 0.3 is 0 Å². The molecule has 1 saturated heterocycles. The second-order valence-corrected chi connectivity index (χ2v) is 6.69. The first-order valence-electron chi connectivity index (χ1n) is 7.86. The van der Waals surface area contributed by atoms with Gasteiger partial charge in [0.1, 0.15) is 0 Å². The highest BCUT2D eigenvalue weighted by atomic mass is 79.9. The number of carbonyl (C=O) groups excluding carboxylic acids is 1. The van der Waals surface area contributed by atoms with Crippen molar-refractivity contribution in [3.8, 4) is 0 Å². The molecule has 116 valence electrons. The summed E-state index contributed by atoms with van der Waals surface area (Å²) in [6, 6.07) is 8.18. The Balaban J connectivity index is 2.02. The standard InChI is InChI=1S/C17H25BrN2O/c1-3-11-20-12-7-6-10-16(20)17(21)19(2)13-14-8-4-5-9-15(14)18/h4-5,8-9,16H,3,6-7,10-13H2,1-2H3. The van der Waals surface area contributed by atoms with E-state index in [2.05, 4.69) is 33.8 Å². The summed E-state index contributed by atoms with van der Waals surface area (Å²) in [5.41, 5.74) is 1.16. The first kappa shape index (κ1) is 16.5. The van der Waals surface area contributed by atoms with E-state index in [-0.39, 0.29) is 11.9 Å². The van der Waals surface area contributed by atoms with E-state index in [9.17, 15) is 4.79 Å². The molecule has 1 aromatic rings. The number of amides is 1. The molecule has 21 heavy (non-hydrogen) atoms. The number of halogens is 1. The van der Waals surface area contributed by atoms with Gasteiger partial charge in [-0.25, -0.2) is 0 Å². The molecule has 2 rings (SSSR count). The van der Waals surface area contributed by atoms with E-state index in [0.29, 0.717) is 6.54 Å². The number of benzene rings is 1. The summed E-state index contributed by atoms with van der Waals surface area (Å²) in [5.74, 6) is 0.263. The van der Waals surface area contributed by atoms with Crippen molar-refractivity contribution in [1.29, 1.82) is 0 Å². The minimum absolute atomic E-state index is 0.0752. The second kappa shape index (κ2) is 7.95. The summed E-state index contributed by atoms with van der Waals surface area (Å²) in [7, 11) is 1.92. The minimum atomic E-state index is 0.0752. The van der Waals surface area contributed by atoms with E-state index >= 15 is 0 Å². The van der Waals surface area contributed by atoms with Crippen molar-refractivity contribution in [2.45, 2.75) is 45.2 Å². The number of likely N-dealkylation sites (N-methyl/N-ethyl adjacent to an activating group) is 1. The molecule has 0 spiro atoms. The lowest BCUT2D eigenvalue weighted by Crippen LogP contribution is -2.49. The monoisotopic (exact) mass is 352 g/mol. The van der Waals surface area contributed by atoms with Crippen molar-refractivity contribution in [1.82, 2.24) is 9.80 Å². The quantitative estimate of drug-likeness (QED) is 0.806. The van der Waals surface area contributed by atoms with Gasteiger partial charge in [0.25, 0.3) is 0 Å². The van der Waals surface area contributed by atoms with Crippen LogP contribution < -0.4 is 0 Å². The Morgan fingerprint density at radius 1 is 1.38 bits per heavy atom. The van der Waals surface area contributed by atoms with E-state index in [4.69, 9.17) is 0 Å². The molecule has 0 aromatic heterocycles. The maximum atomic E-state index is 12.8. The topological polar surface area (TPSA) is 23.6 Å². The summed E-state index contributed by atoms with van der Waals surface area (Å²) >= 11 is 3.56. The Kier molecular flexibility index (Phi) is 6.24. The zero-order valence-electron chi connectivity index (χ0n) is 13.0. The summed E-state index contributed by atoms with van der Waals surface area (Å²) in [6.45, 7) is 4.93. The number of rotatable bonds is 5. The van der Waals surface area contributed by atoms with Crippen molar-refractivity contribution in [3.05, 3.63) is 34.3 Å². The molecule has 1 aliphatic rings. The third kappa shape index (κ3) is 4.30. The van der Waals surface area contributed by atoms with Crippen LogP contribution in [0.2, 0.25) is 0 Å². The molecule has 0 aliphatic carbocycles. The second-order valence-electron chi connectivity index (χ2n) is 5.83. The van der Waals surface area contributed by atoms with E-state index in [1.54, 1.807) is 0 Å². The van der Waals surface area contributed by atoms with Gasteiger partial charge in [-0.2, -0.15) is 0 Å². The fourth-order valence-electron chi connectivity index (χ4n) is 3.04. The van der Waals surface area contributed by atoms with Crippen LogP contribution in [0.5, 0.6) is 0 Å².